The first-order valence-corrected chi connectivity index (χ1v) is 4.49. The van der Waals surface area contributed by atoms with Gasteiger partial charge in [-0.2, -0.15) is 0 Å². The van der Waals surface area contributed by atoms with Gasteiger partial charge in [0.25, 0.3) is 0 Å². The summed E-state index contributed by atoms with van der Waals surface area (Å²) in [7, 11) is 0. The zero-order valence-corrected chi connectivity index (χ0v) is 8.45. The Morgan fingerprint density at radius 3 is 3.00 bits per heavy atom. The number of ketones is 1. The van der Waals surface area contributed by atoms with Gasteiger partial charge in [-0.05, 0) is 12.1 Å². The lowest BCUT2D eigenvalue weighted by atomic mass is 10.4. The van der Waals surface area contributed by atoms with Crippen molar-refractivity contribution in [2.75, 3.05) is 0 Å². The van der Waals surface area contributed by atoms with Crippen LogP contribution in [-0.2, 0) is 0 Å². The second kappa shape index (κ2) is 2.92. The lowest BCUT2D eigenvalue weighted by Crippen LogP contribution is -1.99. The summed E-state index contributed by atoms with van der Waals surface area (Å²) in [5.74, 6) is 0.275. The van der Waals surface area contributed by atoms with Gasteiger partial charge in [0.1, 0.15) is 0 Å². The second-order valence-corrected chi connectivity index (χ2v) is 3.57. The van der Waals surface area contributed by atoms with Crippen LogP contribution in [0.3, 0.4) is 0 Å². The molecule has 13 heavy (non-hydrogen) atoms. The number of nitrogens with zero attached hydrogens (tertiary/aromatic N) is 3. The van der Waals surface area contributed by atoms with Crippen LogP contribution in [0.4, 0.5) is 0 Å². The lowest BCUT2D eigenvalue weighted by molar-refractivity contribution is 0.100. The van der Waals surface area contributed by atoms with Crippen molar-refractivity contribution in [3.05, 3.63) is 28.6 Å². The highest BCUT2D eigenvalue weighted by atomic mass is 79.9. The minimum atomic E-state index is -0.0881. The summed E-state index contributed by atoms with van der Waals surface area (Å²) in [6.45, 7) is 1.47. The number of halogens is 1. The molecule has 0 atom stereocenters. The Morgan fingerprint density at radius 1 is 1.54 bits per heavy atom. The van der Waals surface area contributed by atoms with Gasteiger partial charge in [-0.1, -0.05) is 15.9 Å². The quantitative estimate of drug-likeness (QED) is 0.712. The van der Waals surface area contributed by atoms with Crippen molar-refractivity contribution in [2.24, 2.45) is 0 Å². The highest BCUT2D eigenvalue weighted by Crippen LogP contribution is 2.12. The number of Topliss-reactive ketones (excluding diaryl/α,β-unsaturated/α-hetero) is 1. The Bertz CT molecular complexity index is 477. The number of hydrogen-bond donors (Lipinski definition) is 0. The maximum absolute atomic E-state index is 11.1. The van der Waals surface area contributed by atoms with Crippen molar-refractivity contribution in [1.82, 2.24) is 14.6 Å². The van der Waals surface area contributed by atoms with Crippen molar-refractivity contribution >= 4 is 27.4 Å². The number of hydrogen-bond acceptors (Lipinski definition) is 3. The molecule has 2 rings (SSSR count). The van der Waals surface area contributed by atoms with Gasteiger partial charge < -0.3 is 0 Å². The summed E-state index contributed by atoms with van der Waals surface area (Å²) >= 11 is 3.31. The molecule has 2 aromatic heterocycles. The molecular formula is C8H6BrN3O. The maximum Gasteiger partial charge on any atom is 0.204 e. The van der Waals surface area contributed by atoms with Crippen molar-refractivity contribution in [3.8, 4) is 0 Å². The van der Waals surface area contributed by atoms with Gasteiger partial charge in [0.05, 0.1) is 0 Å². The molecule has 0 unspecified atom stereocenters. The minimum Gasteiger partial charge on any atom is -0.291 e. The molecule has 2 aromatic rings. The minimum absolute atomic E-state index is 0.0881. The number of pyridine rings is 1. The molecule has 0 N–H and O–H groups in total. The molecule has 5 heteroatoms. The fourth-order valence-corrected chi connectivity index (χ4v) is 1.43. The van der Waals surface area contributed by atoms with Crippen LogP contribution in [0.1, 0.15) is 17.5 Å². The summed E-state index contributed by atoms with van der Waals surface area (Å²) in [5, 5.41) is 7.64. The molecule has 0 saturated heterocycles. The number of carbonyl (C=O) groups is 1. The highest BCUT2D eigenvalue weighted by Gasteiger charge is 2.08. The van der Waals surface area contributed by atoms with E-state index in [0.29, 0.717) is 11.5 Å². The summed E-state index contributed by atoms with van der Waals surface area (Å²) in [4.78, 5) is 11.1. The average Bonchev–Trinajstić information content (AvgIpc) is 2.46. The molecule has 0 amide bonds. The molecule has 0 aliphatic carbocycles. The first kappa shape index (κ1) is 8.37. The fourth-order valence-electron chi connectivity index (χ4n) is 1.11. The van der Waals surface area contributed by atoms with E-state index in [1.54, 1.807) is 16.7 Å². The Labute approximate surface area is 82.7 Å². The Kier molecular flexibility index (Phi) is 1.88. The Hall–Kier alpha value is -1.23. The predicted octanol–water partition coefficient (Wildman–Crippen LogP) is 1.69. The molecule has 0 spiro atoms. The topological polar surface area (TPSA) is 47.3 Å². The number of aromatic nitrogens is 3. The van der Waals surface area contributed by atoms with Crippen molar-refractivity contribution in [3.63, 3.8) is 0 Å². The molecular weight excluding hydrogens is 234 g/mol. The zero-order valence-electron chi connectivity index (χ0n) is 6.86. The van der Waals surface area contributed by atoms with Crippen LogP contribution in [0.25, 0.3) is 5.65 Å². The Morgan fingerprint density at radius 2 is 2.31 bits per heavy atom. The van der Waals surface area contributed by atoms with Crippen molar-refractivity contribution in [1.29, 1.82) is 0 Å². The molecule has 0 aromatic carbocycles. The van der Waals surface area contributed by atoms with Gasteiger partial charge in [0, 0.05) is 17.6 Å². The van der Waals surface area contributed by atoms with Gasteiger partial charge in [0.2, 0.25) is 5.82 Å². The molecule has 2 heterocycles. The summed E-state index contributed by atoms with van der Waals surface area (Å²) in [6, 6.07) is 3.64. The van der Waals surface area contributed by atoms with E-state index >= 15 is 0 Å². The zero-order chi connectivity index (χ0) is 9.42. The molecule has 0 radical (unpaired) electrons. The van der Waals surface area contributed by atoms with E-state index in [4.69, 9.17) is 0 Å². The standard InChI is InChI=1S/C8H6BrN3O/c1-5(13)8-11-10-7-4-6(9)2-3-12(7)8/h2-4H,1H3. The summed E-state index contributed by atoms with van der Waals surface area (Å²) in [6.07, 6.45) is 1.76. The maximum atomic E-state index is 11.1. The predicted molar refractivity (Wildman–Crippen MR) is 50.7 cm³/mol. The molecule has 0 fully saturated rings. The SMILES string of the molecule is CC(=O)c1nnc2cc(Br)ccn12. The third-order valence-corrected chi connectivity index (χ3v) is 2.18. The van der Waals surface area contributed by atoms with Crippen LogP contribution in [0, 0.1) is 0 Å². The molecule has 0 bridgehead atoms. The van der Waals surface area contributed by atoms with E-state index in [9.17, 15) is 4.79 Å². The highest BCUT2D eigenvalue weighted by molar-refractivity contribution is 9.10. The van der Waals surface area contributed by atoms with Crippen LogP contribution in [0.2, 0.25) is 0 Å². The van der Waals surface area contributed by atoms with E-state index in [1.807, 2.05) is 6.07 Å². The van der Waals surface area contributed by atoms with Crippen molar-refractivity contribution in [2.45, 2.75) is 6.92 Å². The first-order valence-electron chi connectivity index (χ1n) is 3.70. The second-order valence-electron chi connectivity index (χ2n) is 2.65. The third kappa shape index (κ3) is 1.35. The number of fused-ring (bicyclic) bond motifs is 1. The van der Waals surface area contributed by atoms with Crippen molar-refractivity contribution < 1.29 is 4.79 Å². The molecule has 0 saturated carbocycles. The number of rotatable bonds is 1. The lowest BCUT2D eigenvalue weighted by Gasteiger charge is -1.94. The smallest absolute Gasteiger partial charge is 0.204 e. The van der Waals surface area contributed by atoms with E-state index < -0.39 is 0 Å². The molecule has 0 aliphatic rings. The normalized spacial score (nSPS) is 10.6. The van der Waals surface area contributed by atoms with E-state index in [0.717, 1.165) is 4.47 Å². The van der Waals surface area contributed by atoms with Gasteiger partial charge in [-0.15, -0.1) is 10.2 Å². The summed E-state index contributed by atoms with van der Waals surface area (Å²) in [5.41, 5.74) is 0.666. The van der Waals surface area contributed by atoms with Gasteiger partial charge in [-0.25, -0.2) is 0 Å². The van der Waals surface area contributed by atoms with Crippen LogP contribution < -0.4 is 0 Å². The monoisotopic (exact) mass is 239 g/mol. The van der Waals surface area contributed by atoms with E-state index in [-0.39, 0.29) is 5.78 Å². The largest absolute Gasteiger partial charge is 0.291 e. The van der Waals surface area contributed by atoms with E-state index in [1.165, 1.54) is 6.92 Å². The third-order valence-electron chi connectivity index (χ3n) is 1.69. The molecule has 4 nitrogen and oxygen atoms in total. The molecule has 66 valence electrons. The first-order chi connectivity index (χ1) is 6.18. The van der Waals surface area contributed by atoms with Crippen LogP contribution in [0.5, 0.6) is 0 Å². The van der Waals surface area contributed by atoms with Crippen LogP contribution >= 0.6 is 15.9 Å². The van der Waals surface area contributed by atoms with Crippen LogP contribution in [-0.4, -0.2) is 20.4 Å². The number of carbonyl (C=O) groups excluding carboxylic acids is 1. The van der Waals surface area contributed by atoms with E-state index in [2.05, 4.69) is 26.1 Å². The summed E-state index contributed by atoms with van der Waals surface area (Å²) < 4.78 is 2.58. The van der Waals surface area contributed by atoms with Gasteiger partial charge >= 0.3 is 0 Å². The Balaban J connectivity index is 2.76. The fraction of sp³-hybridized carbons (Fsp3) is 0.125. The van der Waals surface area contributed by atoms with Gasteiger partial charge in [0.15, 0.2) is 11.4 Å². The average molecular weight is 240 g/mol. The van der Waals surface area contributed by atoms with Gasteiger partial charge in [-0.3, -0.25) is 9.20 Å². The van der Waals surface area contributed by atoms with Crippen LogP contribution in [0.15, 0.2) is 22.8 Å². The molecule has 0 aliphatic heterocycles.